The highest BCUT2D eigenvalue weighted by Gasteiger charge is 2.31. The number of aliphatic imine (C=N–C) groups is 1. The lowest BCUT2D eigenvalue weighted by molar-refractivity contribution is 0.0938. The van der Waals surface area contributed by atoms with Crippen LogP contribution < -0.4 is 16.4 Å². The van der Waals surface area contributed by atoms with E-state index in [0.29, 0.717) is 36.9 Å². The number of hydrogen-bond acceptors (Lipinski definition) is 4. The van der Waals surface area contributed by atoms with Crippen LogP contribution >= 0.6 is 11.6 Å². The van der Waals surface area contributed by atoms with Crippen molar-refractivity contribution in [3.63, 3.8) is 0 Å². The van der Waals surface area contributed by atoms with Crippen LogP contribution in [0.25, 0.3) is 5.57 Å². The molecule has 0 bridgehead atoms. The zero-order valence-corrected chi connectivity index (χ0v) is 21.7. The first-order valence-electron chi connectivity index (χ1n) is 12.5. The number of allylic oxidation sites excluding steroid dienone is 5. The number of nitrogens with two attached hydrogens (primary N) is 1. The van der Waals surface area contributed by atoms with Crippen LogP contribution in [0.3, 0.4) is 0 Å². The highest BCUT2D eigenvalue weighted by atomic mass is 35.5. The Kier molecular flexibility index (Phi) is 8.56. The Bertz CT molecular complexity index is 1320. The Morgan fingerprint density at radius 3 is 2.78 bits per heavy atom. The summed E-state index contributed by atoms with van der Waals surface area (Å²) in [5, 5.41) is 6.17. The second kappa shape index (κ2) is 11.8. The summed E-state index contributed by atoms with van der Waals surface area (Å²) in [5.41, 5.74) is 10.2. The summed E-state index contributed by atoms with van der Waals surface area (Å²) in [6, 6.07) is 8.43. The van der Waals surface area contributed by atoms with Crippen molar-refractivity contribution in [2.75, 3.05) is 11.9 Å². The number of hydrogen-bond donors (Lipinski definition) is 3. The van der Waals surface area contributed by atoms with Crippen LogP contribution in [-0.2, 0) is 0 Å². The second-order valence-corrected chi connectivity index (χ2v) is 9.79. The minimum Gasteiger partial charge on any atom is -0.354 e. The number of nitrogens with one attached hydrogen (secondary N) is 2. The van der Waals surface area contributed by atoms with Crippen LogP contribution in [0, 0.1) is 24.5 Å². The third-order valence-corrected chi connectivity index (χ3v) is 6.94. The standard InChI is InChI=1S/C29H31ClF2N4O/c1-17-15-19(9-10-20(17)29(37)35-18(2)13-14-33)36-25-8-6-4-3-5-7-22-23(16-34-28(22)25)21-11-12-24(30)27(32)26(21)31/h3-4,8-12,15-16,18,22,36H,5-7,13-14,33H2,1-2H3,(H,35,37)/b4-3-,25-8-. The van der Waals surface area contributed by atoms with Gasteiger partial charge in [-0.25, -0.2) is 8.78 Å². The topological polar surface area (TPSA) is 79.5 Å². The summed E-state index contributed by atoms with van der Waals surface area (Å²) < 4.78 is 29.1. The van der Waals surface area contributed by atoms with Gasteiger partial charge in [0.05, 0.1) is 16.4 Å². The fourth-order valence-corrected chi connectivity index (χ4v) is 4.83. The lowest BCUT2D eigenvalue weighted by atomic mass is 9.86. The van der Waals surface area contributed by atoms with Gasteiger partial charge in [0, 0.05) is 35.0 Å². The molecule has 1 aliphatic heterocycles. The summed E-state index contributed by atoms with van der Waals surface area (Å²) in [4.78, 5) is 17.3. The molecule has 0 fully saturated rings. The predicted molar refractivity (Wildman–Crippen MR) is 147 cm³/mol. The summed E-state index contributed by atoms with van der Waals surface area (Å²) in [6.07, 6.45) is 10.7. The average molecular weight is 525 g/mol. The summed E-state index contributed by atoms with van der Waals surface area (Å²) in [6.45, 7) is 4.33. The van der Waals surface area contributed by atoms with Gasteiger partial charge in [-0.1, -0.05) is 29.8 Å². The normalized spacial score (nSPS) is 20.3. The van der Waals surface area contributed by atoms with Crippen molar-refractivity contribution in [1.82, 2.24) is 5.32 Å². The number of carbonyl (C=O) groups is 1. The number of anilines is 1. The molecule has 0 spiro atoms. The van der Waals surface area contributed by atoms with Gasteiger partial charge in [-0.2, -0.15) is 0 Å². The number of nitrogens with zero attached hydrogens (tertiary/aromatic N) is 1. The molecular weight excluding hydrogens is 494 g/mol. The molecule has 2 aliphatic rings. The molecule has 4 N–H and O–H groups in total. The first-order chi connectivity index (χ1) is 17.8. The van der Waals surface area contributed by atoms with E-state index in [4.69, 9.17) is 17.3 Å². The molecule has 4 rings (SSSR count). The quantitative estimate of drug-likeness (QED) is 0.284. The molecule has 2 unspecified atom stereocenters. The first-order valence-corrected chi connectivity index (χ1v) is 12.8. The van der Waals surface area contributed by atoms with Crippen molar-refractivity contribution in [1.29, 1.82) is 0 Å². The largest absolute Gasteiger partial charge is 0.354 e. The summed E-state index contributed by atoms with van der Waals surface area (Å²) >= 11 is 5.77. The van der Waals surface area contributed by atoms with E-state index in [2.05, 4.69) is 27.8 Å². The van der Waals surface area contributed by atoms with Crippen molar-refractivity contribution in [2.45, 2.75) is 45.6 Å². The molecule has 1 aliphatic carbocycles. The van der Waals surface area contributed by atoms with Crippen LogP contribution in [0.1, 0.15) is 54.1 Å². The van der Waals surface area contributed by atoms with Gasteiger partial charge in [-0.3, -0.25) is 9.79 Å². The van der Waals surface area contributed by atoms with Crippen molar-refractivity contribution in [2.24, 2.45) is 16.6 Å². The smallest absolute Gasteiger partial charge is 0.251 e. The van der Waals surface area contributed by atoms with Crippen molar-refractivity contribution >= 4 is 34.5 Å². The van der Waals surface area contributed by atoms with Crippen molar-refractivity contribution < 1.29 is 13.6 Å². The molecule has 0 radical (unpaired) electrons. The second-order valence-electron chi connectivity index (χ2n) is 9.38. The SMILES string of the molecule is Cc1cc(N/C2=C\C/C=C\CCC3C(c4ccc(Cl)c(F)c4F)=CN=C23)ccc1C(=O)NC(C)CCN. The van der Waals surface area contributed by atoms with Crippen molar-refractivity contribution in [3.8, 4) is 0 Å². The van der Waals surface area contributed by atoms with E-state index < -0.39 is 11.6 Å². The minimum atomic E-state index is -1.05. The van der Waals surface area contributed by atoms with E-state index >= 15 is 0 Å². The molecule has 5 nitrogen and oxygen atoms in total. The molecule has 2 atom stereocenters. The van der Waals surface area contributed by atoms with E-state index in [0.717, 1.165) is 29.1 Å². The van der Waals surface area contributed by atoms with E-state index in [9.17, 15) is 13.6 Å². The van der Waals surface area contributed by atoms with E-state index in [1.165, 1.54) is 12.1 Å². The number of amides is 1. The molecule has 0 saturated heterocycles. The van der Waals surface area contributed by atoms with E-state index in [-0.39, 0.29) is 28.5 Å². The maximum atomic E-state index is 14.8. The zero-order chi connectivity index (χ0) is 26.5. The van der Waals surface area contributed by atoms with E-state index in [1.807, 2.05) is 32.1 Å². The molecule has 1 heterocycles. The first kappa shape index (κ1) is 26.8. The van der Waals surface area contributed by atoms with Gasteiger partial charge in [0.25, 0.3) is 5.91 Å². The average Bonchev–Trinajstić information content (AvgIpc) is 3.30. The van der Waals surface area contributed by atoms with Crippen LogP contribution in [0.4, 0.5) is 14.5 Å². The highest BCUT2D eigenvalue weighted by molar-refractivity contribution is 6.30. The third-order valence-electron chi connectivity index (χ3n) is 6.64. The molecule has 2 aromatic carbocycles. The third kappa shape index (κ3) is 6.00. The molecule has 37 heavy (non-hydrogen) atoms. The molecule has 8 heteroatoms. The molecule has 1 amide bonds. The summed E-state index contributed by atoms with van der Waals surface area (Å²) in [5.74, 6) is -2.37. The van der Waals surface area contributed by atoms with Crippen molar-refractivity contribution in [3.05, 3.63) is 93.8 Å². The van der Waals surface area contributed by atoms with Gasteiger partial charge < -0.3 is 16.4 Å². The van der Waals surface area contributed by atoms with E-state index in [1.54, 1.807) is 12.3 Å². The van der Waals surface area contributed by atoms with Crippen LogP contribution in [0.2, 0.25) is 5.02 Å². The van der Waals surface area contributed by atoms with Gasteiger partial charge in [-0.05, 0) is 87.5 Å². The number of aryl methyl sites for hydroxylation is 1. The Labute approximate surface area is 221 Å². The molecule has 0 saturated carbocycles. The molecule has 2 aromatic rings. The molecule has 0 aromatic heterocycles. The monoisotopic (exact) mass is 524 g/mol. The van der Waals surface area contributed by atoms with Gasteiger partial charge in [0.1, 0.15) is 0 Å². The lowest BCUT2D eigenvalue weighted by Gasteiger charge is -2.21. The number of fused-ring (bicyclic) bond motifs is 1. The minimum absolute atomic E-state index is 0.00951. The van der Waals surface area contributed by atoms with Gasteiger partial charge in [-0.15, -0.1) is 0 Å². The Hall–Kier alpha value is -3.29. The van der Waals surface area contributed by atoms with Gasteiger partial charge >= 0.3 is 0 Å². The number of carbonyl (C=O) groups excluding carboxylic acids is 1. The molecular formula is C29H31ClF2N4O. The maximum Gasteiger partial charge on any atom is 0.251 e. The fourth-order valence-electron chi connectivity index (χ4n) is 4.68. The Morgan fingerprint density at radius 2 is 2.03 bits per heavy atom. The maximum absolute atomic E-state index is 14.8. The van der Waals surface area contributed by atoms with Crippen LogP contribution in [-0.4, -0.2) is 24.2 Å². The Balaban J connectivity index is 1.57. The number of benzene rings is 2. The highest BCUT2D eigenvalue weighted by Crippen LogP contribution is 2.38. The number of rotatable bonds is 7. The summed E-state index contributed by atoms with van der Waals surface area (Å²) in [7, 11) is 0. The number of halogens is 3. The van der Waals surface area contributed by atoms with Gasteiger partial charge in [0.15, 0.2) is 11.6 Å². The predicted octanol–water partition coefficient (Wildman–Crippen LogP) is 6.54. The Morgan fingerprint density at radius 1 is 1.22 bits per heavy atom. The fraction of sp³-hybridized carbons (Fsp3) is 0.310. The van der Waals surface area contributed by atoms with Crippen LogP contribution in [0.5, 0.6) is 0 Å². The lowest BCUT2D eigenvalue weighted by Crippen LogP contribution is -2.34. The van der Waals surface area contributed by atoms with Gasteiger partial charge in [0.2, 0.25) is 0 Å². The molecule has 194 valence electrons. The van der Waals surface area contributed by atoms with Crippen LogP contribution in [0.15, 0.2) is 65.4 Å². The zero-order valence-electron chi connectivity index (χ0n) is 21.0.